The predicted octanol–water partition coefficient (Wildman–Crippen LogP) is 2.46. The standard InChI is InChI=1S/C17H26N2O4S.ClH/c18-12-15(13-5-2-1-3-6-13)19-24(20,21)14-7-8-16-17(11-14)23-10-4-9-22-16;/h7-8,11,13,15,19H,1-6,9-10,12,18H2;1H. The zero-order valence-corrected chi connectivity index (χ0v) is 15.9. The van der Waals surface area contributed by atoms with Crippen LogP contribution in [0, 0.1) is 5.92 Å². The van der Waals surface area contributed by atoms with Crippen LogP contribution in [0.15, 0.2) is 23.1 Å². The summed E-state index contributed by atoms with van der Waals surface area (Å²) in [6, 6.07) is 4.54. The smallest absolute Gasteiger partial charge is 0.241 e. The number of hydrogen-bond donors (Lipinski definition) is 2. The molecule has 1 atom stereocenters. The van der Waals surface area contributed by atoms with Gasteiger partial charge in [-0.3, -0.25) is 0 Å². The Kier molecular flexibility index (Phi) is 7.37. The molecule has 0 bridgehead atoms. The number of sulfonamides is 1. The van der Waals surface area contributed by atoms with Gasteiger partial charge in [-0.25, -0.2) is 13.1 Å². The molecule has 0 amide bonds. The number of fused-ring (bicyclic) bond motifs is 1. The Labute approximate surface area is 155 Å². The number of rotatable bonds is 5. The maximum absolute atomic E-state index is 12.8. The molecule has 1 unspecified atom stereocenters. The molecular formula is C17H27ClN2O4S. The minimum Gasteiger partial charge on any atom is -0.490 e. The molecule has 1 heterocycles. The van der Waals surface area contributed by atoms with E-state index in [0.717, 1.165) is 32.1 Å². The molecule has 0 aromatic heterocycles. The van der Waals surface area contributed by atoms with Gasteiger partial charge in [-0.2, -0.15) is 0 Å². The van der Waals surface area contributed by atoms with Crippen LogP contribution in [0.25, 0.3) is 0 Å². The van der Waals surface area contributed by atoms with E-state index in [9.17, 15) is 8.42 Å². The Morgan fingerprint density at radius 1 is 1.08 bits per heavy atom. The van der Waals surface area contributed by atoms with E-state index in [1.165, 1.54) is 12.5 Å². The molecule has 1 aliphatic carbocycles. The first-order valence-electron chi connectivity index (χ1n) is 8.72. The molecule has 0 spiro atoms. The van der Waals surface area contributed by atoms with E-state index in [1.54, 1.807) is 12.1 Å². The first-order chi connectivity index (χ1) is 11.6. The minimum atomic E-state index is -3.63. The van der Waals surface area contributed by atoms with E-state index in [1.807, 2.05) is 0 Å². The maximum Gasteiger partial charge on any atom is 0.241 e. The third-order valence-corrected chi connectivity index (χ3v) is 6.30. The van der Waals surface area contributed by atoms with Crippen LogP contribution in [0.1, 0.15) is 38.5 Å². The summed E-state index contributed by atoms with van der Waals surface area (Å²) < 4.78 is 39.5. The molecule has 6 nitrogen and oxygen atoms in total. The van der Waals surface area contributed by atoms with Crippen molar-refractivity contribution in [1.82, 2.24) is 4.72 Å². The van der Waals surface area contributed by atoms with Crippen molar-refractivity contribution in [3.05, 3.63) is 18.2 Å². The van der Waals surface area contributed by atoms with Crippen LogP contribution in [0.4, 0.5) is 0 Å². The zero-order chi connectivity index (χ0) is 17.0. The molecule has 1 fully saturated rings. The number of nitrogens with one attached hydrogen (secondary N) is 1. The van der Waals surface area contributed by atoms with Crippen molar-refractivity contribution in [1.29, 1.82) is 0 Å². The molecule has 1 aromatic carbocycles. The number of halogens is 1. The highest BCUT2D eigenvalue weighted by molar-refractivity contribution is 7.89. The van der Waals surface area contributed by atoms with Gasteiger partial charge in [-0.15, -0.1) is 12.4 Å². The summed E-state index contributed by atoms with van der Waals surface area (Å²) in [6.07, 6.45) is 6.37. The Balaban J connectivity index is 0.00000225. The number of hydrogen-bond acceptors (Lipinski definition) is 5. The summed E-state index contributed by atoms with van der Waals surface area (Å²) in [5.41, 5.74) is 5.85. The van der Waals surface area contributed by atoms with E-state index in [4.69, 9.17) is 15.2 Å². The van der Waals surface area contributed by atoms with Crippen molar-refractivity contribution < 1.29 is 17.9 Å². The lowest BCUT2D eigenvalue weighted by atomic mass is 9.84. The minimum absolute atomic E-state index is 0. The summed E-state index contributed by atoms with van der Waals surface area (Å²) >= 11 is 0. The molecule has 0 radical (unpaired) electrons. The summed E-state index contributed by atoms with van der Waals surface area (Å²) in [5.74, 6) is 1.39. The molecule has 142 valence electrons. The van der Waals surface area contributed by atoms with Crippen LogP contribution in [0.5, 0.6) is 11.5 Å². The van der Waals surface area contributed by atoms with Crippen molar-refractivity contribution in [3.8, 4) is 11.5 Å². The summed E-state index contributed by atoms with van der Waals surface area (Å²) in [4.78, 5) is 0.195. The Morgan fingerprint density at radius 2 is 1.76 bits per heavy atom. The van der Waals surface area contributed by atoms with Gasteiger partial charge >= 0.3 is 0 Å². The van der Waals surface area contributed by atoms with Gasteiger partial charge in [-0.05, 0) is 30.9 Å². The molecule has 1 aliphatic heterocycles. The molecule has 1 aromatic rings. The molecule has 2 aliphatic rings. The molecule has 0 saturated heterocycles. The largest absolute Gasteiger partial charge is 0.490 e. The van der Waals surface area contributed by atoms with Crippen LogP contribution in [-0.2, 0) is 10.0 Å². The van der Waals surface area contributed by atoms with Crippen LogP contribution >= 0.6 is 12.4 Å². The molecule has 1 saturated carbocycles. The molecule has 3 rings (SSSR count). The van der Waals surface area contributed by atoms with Gasteiger partial charge in [0.1, 0.15) is 0 Å². The van der Waals surface area contributed by atoms with E-state index < -0.39 is 10.0 Å². The van der Waals surface area contributed by atoms with Crippen LogP contribution in [0.3, 0.4) is 0 Å². The Bertz CT molecular complexity index is 663. The topological polar surface area (TPSA) is 90.7 Å². The third-order valence-electron chi connectivity index (χ3n) is 4.81. The monoisotopic (exact) mass is 390 g/mol. The van der Waals surface area contributed by atoms with E-state index in [-0.39, 0.29) is 23.3 Å². The maximum atomic E-state index is 12.8. The van der Waals surface area contributed by atoms with E-state index in [2.05, 4.69) is 4.72 Å². The second kappa shape index (κ2) is 9.07. The number of benzene rings is 1. The number of nitrogens with two attached hydrogens (primary N) is 1. The molecular weight excluding hydrogens is 364 g/mol. The first kappa shape index (κ1) is 20.3. The van der Waals surface area contributed by atoms with E-state index in [0.29, 0.717) is 37.2 Å². The van der Waals surface area contributed by atoms with Crippen molar-refractivity contribution >= 4 is 22.4 Å². The normalized spacial score (nSPS) is 19.6. The lowest BCUT2D eigenvalue weighted by Crippen LogP contribution is -2.45. The average Bonchev–Trinajstić information content (AvgIpc) is 2.85. The summed E-state index contributed by atoms with van der Waals surface area (Å²) in [5, 5.41) is 0. The van der Waals surface area contributed by atoms with Gasteiger partial charge in [0.25, 0.3) is 0 Å². The van der Waals surface area contributed by atoms with Crippen molar-refractivity contribution in [2.45, 2.75) is 49.5 Å². The predicted molar refractivity (Wildman–Crippen MR) is 99.0 cm³/mol. The van der Waals surface area contributed by atoms with E-state index >= 15 is 0 Å². The Morgan fingerprint density at radius 3 is 2.44 bits per heavy atom. The fourth-order valence-electron chi connectivity index (χ4n) is 3.45. The second-order valence-corrected chi connectivity index (χ2v) is 8.23. The zero-order valence-electron chi connectivity index (χ0n) is 14.3. The summed E-state index contributed by atoms with van der Waals surface area (Å²) in [6.45, 7) is 1.42. The average molecular weight is 391 g/mol. The van der Waals surface area contributed by atoms with Gasteiger partial charge in [0.05, 0.1) is 18.1 Å². The fraction of sp³-hybridized carbons (Fsp3) is 0.647. The summed E-state index contributed by atoms with van der Waals surface area (Å²) in [7, 11) is -3.63. The highest BCUT2D eigenvalue weighted by Crippen LogP contribution is 2.32. The SMILES string of the molecule is Cl.NCC(NS(=O)(=O)c1ccc2c(c1)OCCCO2)C1CCCCC1. The van der Waals surface area contributed by atoms with Gasteiger partial charge in [0.15, 0.2) is 11.5 Å². The third kappa shape index (κ3) is 5.00. The molecule has 8 heteroatoms. The first-order valence-corrected chi connectivity index (χ1v) is 10.2. The van der Waals surface area contributed by atoms with Crippen molar-refractivity contribution in [2.75, 3.05) is 19.8 Å². The van der Waals surface area contributed by atoms with Gasteiger partial charge in [0.2, 0.25) is 10.0 Å². The second-order valence-electron chi connectivity index (χ2n) is 6.52. The fourth-order valence-corrected chi connectivity index (χ4v) is 4.78. The highest BCUT2D eigenvalue weighted by Gasteiger charge is 2.28. The van der Waals surface area contributed by atoms with Crippen LogP contribution < -0.4 is 19.9 Å². The quantitative estimate of drug-likeness (QED) is 0.805. The van der Waals surface area contributed by atoms with Gasteiger partial charge < -0.3 is 15.2 Å². The lowest BCUT2D eigenvalue weighted by molar-refractivity contribution is 0.294. The van der Waals surface area contributed by atoms with Crippen molar-refractivity contribution in [2.24, 2.45) is 11.7 Å². The molecule has 3 N–H and O–H groups in total. The molecule has 25 heavy (non-hydrogen) atoms. The Hall–Kier alpha value is -1.02. The number of ether oxygens (including phenoxy) is 2. The van der Waals surface area contributed by atoms with Crippen molar-refractivity contribution in [3.63, 3.8) is 0 Å². The highest BCUT2D eigenvalue weighted by atomic mass is 35.5. The lowest BCUT2D eigenvalue weighted by Gasteiger charge is -2.29. The van der Waals surface area contributed by atoms with Gasteiger partial charge in [0, 0.05) is 25.1 Å². The van der Waals surface area contributed by atoms with Gasteiger partial charge in [-0.1, -0.05) is 19.3 Å². The van der Waals surface area contributed by atoms with Crippen LogP contribution in [0.2, 0.25) is 0 Å². The van der Waals surface area contributed by atoms with Crippen LogP contribution in [-0.4, -0.2) is 34.2 Å².